The normalized spacial score (nSPS) is 12.2. The molecule has 1 atom stereocenters. The summed E-state index contributed by atoms with van der Waals surface area (Å²) in [5, 5.41) is 20.3. The first-order valence-corrected chi connectivity index (χ1v) is 6.93. The van der Waals surface area contributed by atoms with Crippen LogP contribution in [-0.2, 0) is 0 Å². The van der Waals surface area contributed by atoms with E-state index in [0.29, 0.717) is 0 Å². The third kappa shape index (κ3) is 2.42. The van der Waals surface area contributed by atoms with Crippen LogP contribution >= 0.6 is 0 Å². The van der Waals surface area contributed by atoms with Gasteiger partial charge in [-0.25, -0.2) is 0 Å². The average molecular weight is 276 g/mol. The molecule has 3 nitrogen and oxygen atoms in total. The van der Waals surface area contributed by atoms with E-state index in [4.69, 9.17) is 5.26 Å². The molecule has 0 bridgehead atoms. The van der Waals surface area contributed by atoms with E-state index < -0.39 is 6.10 Å². The van der Waals surface area contributed by atoms with Crippen LogP contribution in [0.25, 0.3) is 16.6 Å². The number of benzene rings is 2. The van der Waals surface area contributed by atoms with Crippen molar-refractivity contribution in [2.75, 3.05) is 0 Å². The Kier molecular flexibility index (Phi) is 3.47. The van der Waals surface area contributed by atoms with Crippen LogP contribution in [0.15, 0.2) is 54.7 Å². The van der Waals surface area contributed by atoms with Gasteiger partial charge in [-0.3, -0.25) is 0 Å². The van der Waals surface area contributed by atoms with Gasteiger partial charge in [0, 0.05) is 11.8 Å². The van der Waals surface area contributed by atoms with Gasteiger partial charge in [-0.2, -0.15) is 5.26 Å². The van der Waals surface area contributed by atoms with Crippen molar-refractivity contribution in [3.05, 3.63) is 65.9 Å². The van der Waals surface area contributed by atoms with Crippen molar-refractivity contribution in [1.82, 2.24) is 4.57 Å². The van der Waals surface area contributed by atoms with Gasteiger partial charge in [-0.15, -0.1) is 0 Å². The lowest BCUT2D eigenvalue weighted by Crippen LogP contribution is -2.04. The summed E-state index contributed by atoms with van der Waals surface area (Å²) >= 11 is 0. The number of hydrogen-bond donors (Lipinski definition) is 1. The van der Waals surface area contributed by atoms with Crippen molar-refractivity contribution in [2.24, 2.45) is 0 Å². The average Bonchev–Trinajstić information content (AvgIpc) is 2.91. The predicted molar refractivity (Wildman–Crippen MR) is 83.2 cm³/mol. The topological polar surface area (TPSA) is 49.0 Å². The van der Waals surface area contributed by atoms with E-state index in [1.54, 1.807) is 0 Å². The number of nitrogens with zero attached hydrogens (tertiary/aromatic N) is 2. The van der Waals surface area contributed by atoms with Gasteiger partial charge in [-0.05, 0) is 30.5 Å². The summed E-state index contributed by atoms with van der Waals surface area (Å²) in [6.45, 7) is 1.99. The summed E-state index contributed by atoms with van der Waals surface area (Å²) in [5.74, 6) is 0. The molecule has 0 saturated heterocycles. The monoisotopic (exact) mass is 276 g/mol. The Morgan fingerprint density at radius 3 is 2.81 bits per heavy atom. The highest BCUT2D eigenvalue weighted by Gasteiger charge is 2.15. The summed E-state index contributed by atoms with van der Waals surface area (Å²) in [4.78, 5) is 0. The first-order chi connectivity index (χ1) is 10.2. The van der Waals surface area contributed by atoms with Crippen molar-refractivity contribution in [3.63, 3.8) is 0 Å². The van der Waals surface area contributed by atoms with Gasteiger partial charge >= 0.3 is 0 Å². The van der Waals surface area contributed by atoms with E-state index in [1.165, 1.54) is 0 Å². The molecule has 0 fully saturated rings. The number of fused-ring (bicyclic) bond motifs is 1. The van der Waals surface area contributed by atoms with Gasteiger partial charge in [0.05, 0.1) is 29.8 Å². The van der Waals surface area contributed by atoms with Gasteiger partial charge in [-0.1, -0.05) is 35.9 Å². The van der Waals surface area contributed by atoms with Crippen LogP contribution < -0.4 is 0 Å². The Hall–Kier alpha value is -2.57. The Labute approximate surface area is 123 Å². The highest BCUT2D eigenvalue weighted by molar-refractivity contribution is 5.82. The number of aryl methyl sites for hydroxylation is 1. The molecule has 21 heavy (non-hydrogen) atoms. The minimum atomic E-state index is -0.772. The molecule has 0 saturated carbocycles. The molecule has 3 rings (SSSR count). The van der Waals surface area contributed by atoms with Crippen LogP contribution in [-0.4, -0.2) is 9.67 Å². The van der Waals surface area contributed by atoms with E-state index in [0.717, 1.165) is 27.7 Å². The quantitative estimate of drug-likeness (QED) is 0.789. The van der Waals surface area contributed by atoms with Crippen LogP contribution in [0.4, 0.5) is 0 Å². The van der Waals surface area contributed by atoms with Crippen molar-refractivity contribution < 1.29 is 5.11 Å². The zero-order chi connectivity index (χ0) is 14.8. The lowest BCUT2D eigenvalue weighted by atomic mass is 10.0. The van der Waals surface area contributed by atoms with Gasteiger partial charge < -0.3 is 9.67 Å². The zero-order valence-corrected chi connectivity index (χ0v) is 11.8. The maximum Gasteiger partial charge on any atom is 0.0940 e. The molecule has 0 radical (unpaired) electrons. The highest BCUT2D eigenvalue weighted by atomic mass is 16.3. The minimum absolute atomic E-state index is 0.0929. The Morgan fingerprint density at radius 2 is 2.00 bits per heavy atom. The smallest absolute Gasteiger partial charge is 0.0940 e. The summed E-state index contributed by atoms with van der Waals surface area (Å²) in [6, 6.07) is 18.2. The third-order valence-electron chi connectivity index (χ3n) is 3.69. The van der Waals surface area contributed by atoms with E-state index in [-0.39, 0.29) is 6.42 Å². The Morgan fingerprint density at radius 1 is 1.19 bits per heavy atom. The lowest BCUT2D eigenvalue weighted by Gasteiger charge is -2.16. The minimum Gasteiger partial charge on any atom is -0.387 e. The predicted octanol–water partition coefficient (Wildman–Crippen LogP) is 3.89. The molecular weight excluding hydrogens is 260 g/mol. The van der Waals surface area contributed by atoms with Crippen molar-refractivity contribution in [1.29, 1.82) is 5.26 Å². The SMILES string of the molecule is Cc1ccc(-n2ccc3ccccc32)c(C(O)CC#N)c1. The number of aliphatic hydroxyl groups excluding tert-OH is 1. The molecular formula is C18H16N2O. The Balaban J connectivity index is 2.20. The number of para-hydroxylation sites is 1. The molecule has 1 N–H and O–H groups in total. The summed E-state index contributed by atoms with van der Waals surface area (Å²) < 4.78 is 2.06. The van der Waals surface area contributed by atoms with Crippen LogP contribution in [0.3, 0.4) is 0 Å². The van der Waals surface area contributed by atoms with Gasteiger partial charge in [0.2, 0.25) is 0 Å². The van der Waals surface area contributed by atoms with E-state index in [9.17, 15) is 5.11 Å². The molecule has 1 heterocycles. The fourth-order valence-electron chi connectivity index (χ4n) is 2.65. The number of nitriles is 1. The van der Waals surface area contributed by atoms with Crippen LogP contribution in [0.2, 0.25) is 0 Å². The molecule has 0 aliphatic heterocycles. The molecule has 0 spiro atoms. The van der Waals surface area contributed by atoms with Crippen LogP contribution in [0, 0.1) is 18.3 Å². The largest absolute Gasteiger partial charge is 0.387 e. The van der Waals surface area contributed by atoms with Crippen molar-refractivity contribution in [2.45, 2.75) is 19.4 Å². The molecule has 0 aliphatic rings. The van der Waals surface area contributed by atoms with Gasteiger partial charge in [0.1, 0.15) is 0 Å². The molecule has 2 aromatic carbocycles. The summed E-state index contributed by atoms with van der Waals surface area (Å²) in [5.41, 5.74) is 3.87. The second kappa shape index (κ2) is 5.43. The number of aromatic nitrogens is 1. The summed E-state index contributed by atoms with van der Waals surface area (Å²) in [6.07, 6.45) is 1.32. The summed E-state index contributed by atoms with van der Waals surface area (Å²) in [7, 11) is 0. The first kappa shape index (κ1) is 13.4. The fourth-order valence-corrected chi connectivity index (χ4v) is 2.65. The fraction of sp³-hybridized carbons (Fsp3) is 0.167. The number of rotatable bonds is 3. The number of aliphatic hydroxyl groups is 1. The van der Waals surface area contributed by atoms with Crippen molar-refractivity contribution >= 4 is 10.9 Å². The molecule has 0 aliphatic carbocycles. The number of hydrogen-bond acceptors (Lipinski definition) is 2. The molecule has 3 aromatic rings. The molecule has 104 valence electrons. The maximum atomic E-state index is 10.3. The molecule has 0 amide bonds. The van der Waals surface area contributed by atoms with Crippen molar-refractivity contribution in [3.8, 4) is 11.8 Å². The second-order valence-corrected chi connectivity index (χ2v) is 5.18. The Bertz CT molecular complexity index is 827. The molecule has 1 unspecified atom stereocenters. The maximum absolute atomic E-state index is 10.3. The lowest BCUT2D eigenvalue weighted by molar-refractivity contribution is 0.183. The molecule has 3 heteroatoms. The first-order valence-electron chi connectivity index (χ1n) is 6.93. The van der Waals surface area contributed by atoms with Crippen LogP contribution in [0.5, 0.6) is 0 Å². The third-order valence-corrected chi connectivity index (χ3v) is 3.69. The van der Waals surface area contributed by atoms with E-state index in [1.807, 2.05) is 49.5 Å². The second-order valence-electron chi connectivity index (χ2n) is 5.18. The highest BCUT2D eigenvalue weighted by Crippen LogP contribution is 2.28. The molecule has 1 aromatic heterocycles. The standard InChI is InChI=1S/C18H16N2O/c1-13-6-7-17(15(12-13)18(21)8-10-19)20-11-9-14-4-2-3-5-16(14)20/h2-7,9,11-12,18,21H,8H2,1H3. The van der Waals surface area contributed by atoms with Gasteiger partial charge in [0.15, 0.2) is 0 Å². The van der Waals surface area contributed by atoms with Gasteiger partial charge in [0.25, 0.3) is 0 Å². The zero-order valence-electron chi connectivity index (χ0n) is 11.8. The van der Waals surface area contributed by atoms with Crippen LogP contribution in [0.1, 0.15) is 23.7 Å². The van der Waals surface area contributed by atoms with E-state index >= 15 is 0 Å². The van der Waals surface area contributed by atoms with E-state index in [2.05, 4.69) is 22.8 Å².